The number of rotatable bonds is 3. The van der Waals surface area contributed by atoms with E-state index in [0.29, 0.717) is 6.54 Å². The lowest BCUT2D eigenvalue weighted by atomic mass is 10.0. The second-order valence-electron chi connectivity index (χ2n) is 5.27. The minimum Gasteiger partial charge on any atom is -0.387 e. The van der Waals surface area contributed by atoms with Gasteiger partial charge in [-0.2, -0.15) is 0 Å². The second kappa shape index (κ2) is 4.93. The van der Waals surface area contributed by atoms with E-state index in [9.17, 15) is 5.11 Å². The molecule has 3 nitrogen and oxygen atoms in total. The number of aryl methyl sites for hydroxylation is 2. The summed E-state index contributed by atoms with van der Waals surface area (Å²) in [5.41, 5.74) is 2.82. The highest BCUT2D eigenvalue weighted by molar-refractivity contribution is 5.24. The zero-order chi connectivity index (χ0) is 12.3. The number of nitrogens with zero attached hydrogens (tertiary/aromatic N) is 1. The van der Waals surface area contributed by atoms with Crippen molar-refractivity contribution in [2.45, 2.75) is 46.3 Å². The average molecular weight is 222 g/mol. The molecule has 0 unspecified atom stereocenters. The van der Waals surface area contributed by atoms with Gasteiger partial charge in [-0.25, -0.2) is 0 Å². The topological polar surface area (TPSA) is 45.1 Å². The van der Waals surface area contributed by atoms with E-state index in [1.165, 1.54) is 0 Å². The van der Waals surface area contributed by atoms with Gasteiger partial charge in [-0.15, -0.1) is 0 Å². The standard InChI is InChI=1S/C13H22N2O/c1-9-6-7-11(10(2)15-9)12(16)8-14-13(3,4)5/h6-7,12,14,16H,8H2,1-5H3/t12-/m0/s1. The fourth-order valence-electron chi connectivity index (χ4n) is 1.56. The first-order valence-corrected chi connectivity index (χ1v) is 5.67. The maximum atomic E-state index is 10.1. The van der Waals surface area contributed by atoms with E-state index in [1.54, 1.807) is 0 Å². The molecule has 1 rings (SSSR count). The van der Waals surface area contributed by atoms with Crippen molar-refractivity contribution in [2.75, 3.05) is 6.54 Å². The smallest absolute Gasteiger partial charge is 0.0932 e. The first-order chi connectivity index (χ1) is 7.29. The fourth-order valence-corrected chi connectivity index (χ4v) is 1.56. The van der Waals surface area contributed by atoms with E-state index in [2.05, 4.69) is 31.1 Å². The van der Waals surface area contributed by atoms with Gasteiger partial charge in [0.2, 0.25) is 0 Å². The van der Waals surface area contributed by atoms with E-state index in [-0.39, 0.29) is 5.54 Å². The van der Waals surface area contributed by atoms with E-state index in [4.69, 9.17) is 0 Å². The Morgan fingerprint density at radius 1 is 1.31 bits per heavy atom. The largest absolute Gasteiger partial charge is 0.387 e. The summed E-state index contributed by atoms with van der Waals surface area (Å²) in [5, 5.41) is 13.3. The Bertz CT molecular complexity index is 355. The van der Waals surface area contributed by atoms with Crippen LogP contribution < -0.4 is 5.32 Å². The van der Waals surface area contributed by atoms with Crippen LogP contribution in [0.1, 0.15) is 43.8 Å². The van der Waals surface area contributed by atoms with Crippen molar-refractivity contribution in [3.8, 4) is 0 Å². The third-order valence-electron chi connectivity index (χ3n) is 2.45. The molecule has 1 aromatic rings. The highest BCUT2D eigenvalue weighted by Gasteiger charge is 2.15. The maximum absolute atomic E-state index is 10.1. The van der Waals surface area contributed by atoms with Crippen LogP contribution in [0, 0.1) is 13.8 Å². The van der Waals surface area contributed by atoms with Gasteiger partial charge in [0.1, 0.15) is 0 Å². The number of pyridine rings is 1. The van der Waals surface area contributed by atoms with Crippen LogP contribution in [0.25, 0.3) is 0 Å². The van der Waals surface area contributed by atoms with Crippen molar-refractivity contribution < 1.29 is 5.11 Å². The summed E-state index contributed by atoms with van der Waals surface area (Å²) >= 11 is 0. The Morgan fingerprint density at radius 3 is 2.44 bits per heavy atom. The van der Waals surface area contributed by atoms with Gasteiger partial charge in [-0.3, -0.25) is 4.98 Å². The maximum Gasteiger partial charge on any atom is 0.0932 e. The van der Waals surface area contributed by atoms with Crippen molar-refractivity contribution in [3.05, 3.63) is 29.1 Å². The van der Waals surface area contributed by atoms with Gasteiger partial charge in [0.15, 0.2) is 0 Å². The molecule has 0 radical (unpaired) electrons. The van der Waals surface area contributed by atoms with Crippen LogP contribution in [0.3, 0.4) is 0 Å². The van der Waals surface area contributed by atoms with E-state index < -0.39 is 6.10 Å². The quantitative estimate of drug-likeness (QED) is 0.823. The number of hydrogen-bond donors (Lipinski definition) is 2. The Morgan fingerprint density at radius 2 is 1.94 bits per heavy atom. The van der Waals surface area contributed by atoms with Gasteiger partial charge in [0.25, 0.3) is 0 Å². The molecule has 0 aliphatic rings. The van der Waals surface area contributed by atoms with Crippen LogP contribution in [-0.2, 0) is 0 Å². The zero-order valence-corrected chi connectivity index (χ0v) is 10.8. The predicted molar refractivity (Wildman–Crippen MR) is 66.4 cm³/mol. The highest BCUT2D eigenvalue weighted by atomic mass is 16.3. The second-order valence-corrected chi connectivity index (χ2v) is 5.27. The number of β-amino-alcohol motifs (C(OH)–C–C–N with tert-alkyl or cyclic N) is 1. The van der Waals surface area contributed by atoms with Crippen LogP contribution in [0.2, 0.25) is 0 Å². The third kappa shape index (κ3) is 3.91. The van der Waals surface area contributed by atoms with E-state index >= 15 is 0 Å². The number of nitrogens with one attached hydrogen (secondary N) is 1. The molecule has 1 heterocycles. The van der Waals surface area contributed by atoms with Crippen LogP contribution in [0.5, 0.6) is 0 Å². The molecule has 1 aromatic heterocycles. The van der Waals surface area contributed by atoms with Gasteiger partial charge in [0.05, 0.1) is 6.10 Å². The van der Waals surface area contributed by atoms with Crippen molar-refractivity contribution in [3.63, 3.8) is 0 Å². The molecule has 2 N–H and O–H groups in total. The van der Waals surface area contributed by atoms with E-state index in [1.807, 2.05) is 26.0 Å². The van der Waals surface area contributed by atoms with Crippen molar-refractivity contribution in [1.29, 1.82) is 0 Å². The summed E-state index contributed by atoms with van der Waals surface area (Å²) in [7, 11) is 0. The van der Waals surface area contributed by atoms with Gasteiger partial charge >= 0.3 is 0 Å². The SMILES string of the molecule is Cc1ccc([C@@H](O)CNC(C)(C)C)c(C)n1. The summed E-state index contributed by atoms with van der Waals surface area (Å²) < 4.78 is 0. The molecule has 16 heavy (non-hydrogen) atoms. The third-order valence-corrected chi connectivity index (χ3v) is 2.45. The minimum atomic E-state index is -0.493. The lowest BCUT2D eigenvalue weighted by Gasteiger charge is -2.23. The molecule has 3 heteroatoms. The predicted octanol–water partition coefficient (Wildman–Crippen LogP) is 2.12. The lowest BCUT2D eigenvalue weighted by molar-refractivity contribution is 0.162. The molecule has 0 saturated carbocycles. The summed E-state index contributed by atoms with van der Waals surface area (Å²) in [6, 6.07) is 3.88. The number of hydrogen-bond acceptors (Lipinski definition) is 3. The van der Waals surface area contributed by atoms with Gasteiger partial charge < -0.3 is 10.4 Å². The van der Waals surface area contributed by atoms with Crippen LogP contribution in [0.15, 0.2) is 12.1 Å². The number of aromatic nitrogens is 1. The molecule has 0 saturated heterocycles. The first kappa shape index (κ1) is 13.1. The summed E-state index contributed by atoms with van der Waals surface area (Å²) in [4.78, 5) is 4.35. The van der Waals surface area contributed by atoms with Gasteiger partial charge in [-0.05, 0) is 40.7 Å². The Kier molecular flexibility index (Phi) is 4.05. The average Bonchev–Trinajstić information content (AvgIpc) is 2.13. The van der Waals surface area contributed by atoms with Gasteiger partial charge in [-0.1, -0.05) is 6.07 Å². The fraction of sp³-hybridized carbons (Fsp3) is 0.615. The summed E-state index contributed by atoms with van der Waals surface area (Å²) in [5.74, 6) is 0. The van der Waals surface area contributed by atoms with Crippen LogP contribution >= 0.6 is 0 Å². The Balaban J connectivity index is 2.70. The van der Waals surface area contributed by atoms with Crippen LogP contribution in [-0.4, -0.2) is 22.2 Å². The molecular formula is C13H22N2O. The summed E-state index contributed by atoms with van der Waals surface area (Å²) in [6.45, 7) is 10.7. The highest BCUT2D eigenvalue weighted by Crippen LogP contribution is 2.16. The monoisotopic (exact) mass is 222 g/mol. The molecule has 0 fully saturated rings. The molecule has 0 aliphatic heterocycles. The Labute approximate surface area is 97.9 Å². The number of aliphatic hydroxyl groups excluding tert-OH is 1. The molecule has 1 atom stereocenters. The summed E-state index contributed by atoms with van der Waals surface area (Å²) in [6.07, 6.45) is -0.493. The normalized spacial score (nSPS) is 13.9. The molecule has 0 aliphatic carbocycles. The molecule has 90 valence electrons. The molecule has 0 bridgehead atoms. The first-order valence-electron chi connectivity index (χ1n) is 5.67. The molecule has 0 spiro atoms. The molecule has 0 aromatic carbocycles. The van der Waals surface area contributed by atoms with Crippen molar-refractivity contribution in [2.24, 2.45) is 0 Å². The zero-order valence-electron chi connectivity index (χ0n) is 10.8. The van der Waals surface area contributed by atoms with E-state index in [0.717, 1.165) is 17.0 Å². The lowest BCUT2D eigenvalue weighted by Crippen LogP contribution is -2.38. The van der Waals surface area contributed by atoms with Crippen molar-refractivity contribution >= 4 is 0 Å². The number of aliphatic hydroxyl groups is 1. The Hall–Kier alpha value is -0.930. The minimum absolute atomic E-state index is 0.0208. The van der Waals surface area contributed by atoms with Crippen molar-refractivity contribution in [1.82, 2.24) is 10.3 Å². The molecule has 0 amide bonds. The molecular weight excluding hydrogens is 200 g/mol. The van der Waals surface area contributed by atoms with Gasteiger partial charge in [0, 0.05) is 29.0 Å². The van der Waals surface area contributed by atoms with Crippen LogP contribution in [0.4, 0.5) is 0 Å².